The number of carbonyl (C=O) groups is 1. The number of anilines is 1. The quantitative estimate of drug-likeness (QED) is 0.502. The fourth-order valence-electron chi connectivity index (χ4n) is 4.08. The predicted molar refractivity (Wildman–Crippen MR) is 126 cm³/mol. The minimum Gasteiger partial charge on any atom is -0.395 e. The van der Waals surface area contributed by atoms with E-state index in [0.29, 0.717) is 24.1 Å². The van der Waals surface area contributed by atoms with Gasteiger partial charge in [-0.3, -0.25) is 4.79 Å². The number of nitrogens with one attached hydrogen (secondary N) is 2. The summed E-state index contributed by atoms with van der Waals surface area (Å²) < 4.78 is 60.7. The molecular formula is C25H22F2N2O5S. The summed E-state index contributed by atoms with van der Waals surface area (Å²) in [6.45, 7) is 0.203. The van der Waals surface area contributed by atoms with Gasteiger partial charge in [0.15, 0.2) is 11.5 Å². The van der Waals surface area contributed by atoms with Crippen LogP contribution >= 0.6 is 0 Å². The Kier molecular flexibility index (Phi) is 5.52. The molecular weight excluding hydrogens is 478 g/mol. The second kappa shape index (κ2) is 8.31. The monoisotopic (exact) mass is 500 g/mol. The Labute approximate surface area is 201 Å². The van der Waals surface area contributed by atoms with Gasteiger partial charge in [-0.1, -0.05) is 42.5 Å². The van der Waals surface area contributed by atoms with Gasteiger partial charge in [0.25, 0.3) is 0 Å². The first-order chi connectivity index (χ1) is 16.5. The topological polar surface area (TPSA) is 93.7 Å². The zero-order valence-electron chi connectivity index (χ0n) is 18.7. The standard InChI is InChI=1S/C25H22F2N2O5S/c1-35(31,32)28-15-16-5-7-17(8-6-16)18-3-2-4-20(13-18)29-23(30)24(11-12-24)19-9-10-21-22(14-19)34-25(26,27)33-21/h2-10,13-14,28H,11-12,15H2,1H3,(H,29,30). The summed E-state index contributed by atoms with van der Waals surface area (Å²) >= 11 is 0. The van der Waals surface area contributed by atoms with Crippen LogP contribution < -0.4 is 19.5 Å². The van der Waals surface area contributed by atoms with Crippen LogP contribution in [0.15, 0.2) is 66.7 Å². The van der Waals surface area contributed by atoms with Crippen LogP contribution in [0, 0.1) is 0 Å². The van der Waals surface area contributed by atoms with Crippen molar-refractivity contribution in [2.75, 3.05) is 11.6 Å². The highest BCUT2D eigenvalue weighted by molar-refractivity contribution is 7.88. The summed E-state index contributed by atoms with van der Waals surface area (Å²) in [5, 5.41) is 2.95. The Morgan fingerprint density at radius 2 is 1.66 bits per heavy atom. The molecule has 1 amide bonds. The fraction of sp³-hybridized carbons (Fsp3) is 0.240. The van der Waals surface area contributed by atoms with Crippen molar-refractivity contribution in [1.82, 2.24) is 4.72 Å². The molecule has 182 valence electrons. The molecule has 2 N–H and O–H groups in total. The lowest BCUT2D eigenvalue weighted by atomic mass is 9.94. The number of fused-ring (bicyclic) bond motifs is 1. The molecule has 0 unspecified atom stereocenters. The molecule has 0 aromatic heterocycles. The van der Waals surface area contributed by atoms with Crippen molar-refractivity contribution in [2.24, 2.45) is 0 Å². The van der Waals surface area contributed by atoms with E-state index < -0.39 is 21.7 Å². The van der Waals surface area contributed by atoms with Crippen molar-refractivity contribution in [1.29, 1.82) is 0 Å². The van der Waals surface area contributed by atoms with Crippen molar-refractivity contribution in [3.05, 3.63) is 77.9 Å². The minimum atomic E-state index is -3.71. The van der Waals surface area contributed by atoms with E-state index in [2.05, 4.69) is 19.5 Å². The van der Waals surface area contributed by atoms with Crippen molar-refractivity contribution >= 4 is 21.6 Å². The third-order valence-electron chi connectivity index (χ3n) is 6.08. The SMILES string of the molecule is CS(=O)(=O)NCc1ccc(-c2cccc(NC(=O)C3(c4ccc5c(c4)OC(F)(F)O5)CC3)c2)cc1. The average Bonchev–Trinajstić information content (AvgIpc) is 3.55. The van der Waals surface area contributed by atoms with Crippen molar-refractivity contribution < 1.29 is 31.5 Å². The van der Waals surface area contributed by atoms with E-state index in [1.54, 1.807) is 12.1 Å². The highest BCUT2D eigenvalue weighted by Gasteiger charge is 2.52. The summed E-state index contributed by atoms with van der Waals surface area (Å²) in [6, 6.07) is 19.2. The molecule has 10 heteroatoms. The third-order valence-corrected chi connectivity index (χ3v) is 6.75. The maximum atomic E-state index is 13.4. The van der Waals surface area contributed by atoms with Crippen LogP contribution in [0.5, 0.6) is 11.5 Å². The van der Waals surface area contributed by atoms with Gasteiger partial charge in [-0.25, -0.2) is 13.1 Å². The van der Waals surface area contributed by atoms with Crippen LogP contribution in [0.3, 0.4) is 0 Å². The molecule has 2 aliphatic rings. The number of hydrogen-bond donors (Lipinski definition) is 2. The molecule has 5 rings (SSSR count). The molecule has 0 saturated heterocycles. The number of halogens is 2. The van der Waals surface area contributed by atoms with Gasteiger partial charge in [0.1, 0.15) is 0 Å². The van der Waals surface area contributed by atoms with E-state index in [1.807, 2.05) is 42.5 Å². The molecule has 1 saturated carbocycles. The molecule has 1 heterocycles. The molecule has 0 spiro atoms. The van der Waals surface area contributed by atoms with Crippen LogP contribution in [0.25, 0.3) is 11.1 Å². The number of rotatable bonds is 7. The highest BCUT2D eigenvalue weighted by atomic mass is 32.2. The van der Waals surface area contributed by atoms with Crippen molar-refractivity contribution in [3.63, 3.8) is 0 Å². The Morgan fingerprint density at radius 1 is 0.943 bits per heavy atom. The van der Waals surface area contributed by atoms with E-state index in [1.165, 1.54) is 12.1 Å². The summed E-state index contributed by atoms with van der Waals surface area (Å²) in [5.74, 6) is -0.355. The maximum Gasteiger partial charge on any atom is 0.586 e. The molecule has 0 bridgehead atoms. The van der Waals surface area contributed by atoms with Crippen LogP contribution in [-0.4, -0.2) is 26.9 Å². The number of sulfonamides is 1. The molecule has 1 fully saturated rings. The number of amides is 1. The fourth-order valence-corrected chi connectivity index (χ4v) is 4.50. The van der Waals surface area contributed by atoms with Crippen LogP contribution in [0.4, 0.5) is 14.5 Å². The van der Waals surface area contributed by atoms with Gasteiger partial charge >= 0.3 is 6.29 Å². The number of carbonyl (C=O) groups excluding carboxylic acids is 1. The lowest BCUT2D eigenvalue weighted by Crippen LogP contribution is -2.28. The Balaban J connectivity index is 1.30. The van der Waals surface area contributed by atoms with Gasteiger partial charge in [0, 0.05) is 12.2 Å². The normalized spacial score (nSPS) is 17.1. The van der Waals surface area contributed by atoms with Gasteiger partial charge in [0.05, 0.1) is 11.7 Å². The third kappa shape index (κ3) is 4.98. The van der Waals surface area contributed by atoms with Gasteiger partial charge < -0.3 is 14.8 Å². The minimum absolute atomic E-state index is 0.0548. The molecule has 1 aliphatic heterocycles. The average molecular weight is 501 g/mol. The molecule has 0 atom stereocenters. The molecule has 3 aromatic carbocycles. The van der Waals surface area contributed by atoms with Gasteiger partial charge in [-0.15, -0.1) is 8.78 Å². The van der Waals surface area contributed by atoms with E-state index in [9.17, 15) is 22.0 Å². The molecule has 0 radical (unpaired) electrons. The number of hydrogen-bond acceptors (Lipinski definition) is 5. The van der Waals surface area contributed by atoms with Gasteiger partial charge in [-0.2, -0.15) is 0 Å². The van der Waals surface area contributed by atoms with Crippen LogP contribution in [0.1, 0.15) is 24.0 Å². The lowest BCUT2D eigenvalue weighted by molar-refractivity contribution is -0.286. The molecule has 35 heavy (non-hydrogen) atoms. The zero-order valence-corrected chi connectivity index (χ0v) is 19.5. The Morgan fingerprint density at radius 3 is 2.34 bits per heavy atom. The predicted octanol–water partition coefficient (Wildman–Crippen LogP) is 4.39. The smallest absolute Gasteiger partial charge is 0.395 e. The highest BCUT2D eigenvalue weighted by Crippen LogP contribution is 2.52. The lowest BCUT2D eigenvalue weighted by Gasteiger charge is -2.17. The molecule has 3 aromatic rings. The first kappa shape index (κ1) is 23.3. The van der Waals surface area contributed by atoms with E-state index >= 15 is 0 Å². The number of benzene rings is 3. The first-order valence-corrected chi connectivity index (χ1v) is 12.8. The summed E-state index contributed by atoms with van der Waals surface area (Å²) in [6.07, 6.45) is -1.41. The largest absolute Gasteiger partial charge is 0.586 e. The zero-order chi connectivity index (χ0) is 24.8. The van der Waals surface area contributed by atoms with E-state index in [0.717, 1.165) is 22.9 Å². The first-order valence-electron chi connectivity index (χ1n) is 10.9. The van der Waals surface area contributed by atoms with Crippen LogP contribution in [0.2, 0.25) is 0 Å². The van der Waals surface area contributed by atoms with E-state index in [-0.39, 0.29) is 24.0 Å². The van der Waals surface area contributed by atoms with E-state index in [4.69, 9.17) is 0 Å². The van der Waals surface area contributed by atoms with Crippen molar-refractivity contribution in [3.8, 4) is 22.6 Å². The Hall–Kier alpha value is -3.50. The number of ether oxygens (including phenoxy) is 2. The summed E-state index contributed by atoms with van der Waals surface area (Å²) in [5.41, 5.74) is 3.00. The Bertz CT molecular complexity index is 1400. The number of alkyl halides is 2. The second-order valence-corrected chi connectivity index (χ2v) is 10.6. The molecule has 7 nitrogen and oxygen atoms in total. The van der Waals surface area contributed by atoms with Crippen LogP contribution in [-0.2, 0) is 26.8 Å². The van der Waals surface area contributed by atoms with Gasteiger partial charge in [0.2, 0.25) is 15.9 Å². The molecule has 1 aliphatic carbocycles. The summed E-state index contributed by atoms with van der Waals surface area (Å²) in [4.78, 5) is 13.2. The maximum absolute atomic E-state index is 13.4. The van der Waals surface area contributed by atoms with Crippen molar-refractivity contribution in [2.45, 2.75) is 31.1 Å². The van der Waals surface area contributed by atoms with Gasteiger partial charge in [-0.05, 0) is 59.4 Å². The summed E-state index contributed by atoms with van der Waals surface area (Å²) in [7, 11) is -3.27. The second-order valence-electron chi connectivity index (χ2n) is 8.74.